The molecule has 5 heteroatoms. The highest BCUT2D eigenvalue weighted by Gasteiger charge is 1.99. The molecule has 2 N–H and O–H groups in total. The third-order valence-electron chi connectivity index (χ3n) is 2.18. The minimum absolute atomic E-state index is 0. The summed E-state index contributed by atoms with van der Waals surface area (Å²) in [7, 11) is 0. The normalized spacial score (nSPS) is 11.9. The van der Waals surface area contributed by atoms with Crippen LogP contribution in [0.4, 0.5) is 0 Å². The van der Waals surface area contributed by atoms with Crippen molar-refractivity contribution < 1.29 is 0 Å². The number of hydrogen-bond donors (Lipinski definition) is 1. The van der Waals surface area contributed by atoms with E-state index >= 15 is 0 Å². The smallest absolute Gasteiger partial charge is 0.0697 e. The SMILES string of the molecule is CC(N)Cc1ccc(-n2ccnn2)cc1.Cl. The summed E-state index contributed by atoms with van der Waals surface area (Å²) in [5.74, 6) is 0. The Balaban J connectivity index is 0.00000128. The number of nitrogens with zero attached hydrogens (tertiary/aromatic N) is 3. The molecule has 0 amide bonds. The zero-order valence-corrected chi connectivity index (χ0v) is 9.89. The molecule has 0 aliphatic carbocycles. The van der Waals surface area contributed by atoms with E-state index in [0.29, 0.717) is 0 Å². The van der Waals surface area contributed by atoms with Gasteiger partial charge < -0.3 is 5.73 Å². The van der Waals surface area contributed by atoms with Gasteiger partial charge in [0.05, 0.1) is 18.1 Å². The van der Waals surface area contributed by atoms with Crippen LogP contribution in [0, 0.1) is 0 Å². The lowest BCUT2D eigenvalue weighted by atomic mass is 10.1. The van der Waals surface area contributed by atoms with Crippen molar-refractivity contribution in [1.29, 1.82) is 0 Å². The molecule has 0 saturated carbocycles. The van der Waals surface area contributed by atoms with Gasteiger partial charge in [0.1, 0.15) is 0 Å². The summed E-state index contributed by atoms with van der Waals surface area (Å²) in [6.07, 6.45) is 4.38. The van der Waals surface area contributed by atoms with Gasteiger partial charge in [-0.05, 0) is 31.0 Å². The summed E-state index contributed by atoms with van der Waals surface area (Å²) < 4.78 is 1.73. The summed E-state index contributed by atoms with van der Waals surface area (Å²) in [5.41, 5.74) is 7.99. The van der Waals surface area contributed by atoms with Crippen molar-refractivity contribution in [3.8, 4) is 5.69 Å². The highest BCUT2D eigenvalue weighted by Crippen LogP contribution is 2.09. The van der Waals surface area contributed by atoms with Gasteiger partial charge in [0.15, 0.2) is 0 Å². The van der Waals surface area contributed by atoms with E-state index in [1.165, 1.54) is 5.56 Å². The first-order chi connectivity index (χ1) is 7.25. The molecule has 1 aromatic heterocycles. The highest BCUT2D eigenvalue weighted by atomic mass is 35.5. The molecule has 1 heterocycles. The lowest BCUT2D eigenvalue weighted by Crippen LogP contribution is -2.17. The maximum absolute atomic E-state index is 5.73. The second kappa shape index (κ2) is 5.63. The van der Waals surface area contributed by atoms with E-state index in [9.17, 15) is 0 Å². The third-order valence-corrected chi connectivity index (χ3v) is 2.18. The molecule has 2 aromatic rings. The van der Waals surface area contributed by atoms with Crippen LogP contribution in [0.25, 0.3) is 5.69 Å². The minimum atomic E-state index is 0. The van der Waals surface area contributed by atoms with Crippen molar-refractivity contribution in [3.63, 3.8) is 0 Å². The third kappa shape index (κ3) is 3.05. The van der Waals surface area contributed by atoms with Crippen molar-refractivity contribution in [2.24, 2.45) is 5.73 Å². The largest absolute Gasteiger partial charge is 0.328 e. The van der Waals surface area contributed by atoms with Gasteiger partial charge in [-0.15, -0.1) is 17.5 Å². The topological polar surface area (TPSA) is 56.7 Å². The summed E-state index contributed by atoms with van der Waals surface area (Å²) in [5, 5.41) is 7.68. The minimum Gasteiger partial charge on any atom is -0.328 e. The molecule has 0 spiro atoms. The first-order valence-corrected chi connectivity index (χ1v) is 4.97. The first kappa shape index (κ1) is 12.7. The van der Waals surface area contributed by atoms with E-state index in [-0.39, 0.29) is 18.4 Å². The fourth-order valence-electron chi connectivity index (χ4n) is 1.50. The number of nitrogens with two attached hydrogens (primary N) is 1. The number of benzene rings is 1. The molecule has 0 bridgehead atoms. The molecule has 0 radical (unpaired) electrons. The number of rotatable bonds is 3. The van der Waals surface area contributed by atoms with Gasteiger partial charge in [-0.25, -0.2) is 4.68 Å². The van der Waals surface area contributed by atoms with E-state index in [1.54, 1.807) is 10.9 Å². The van der Waals surface area contributed by atoms with Gasteiger partial charge in [-0.1, -0.05) is 17.3 Å². The predicted octanol–water partition coefficient (Wildman–Crippen LogP) is 1.58. The maximum Gasteiger partial charge on any atom is 0.0697 e. The standard InChI is InChI=1S/C11H14N4.ClH/c1-9(12)8-10-2-4-11(5-3-10)15-7-6-13-14-15;/h2-7,9H,8,12H2,1H3;1H. The summed E-state index contributed by atoms with van der Waals surface area (Å²) in [6, 6.07) is 8.38. The van der Waals surface area contributed by atoms with Gasteiger partial charge in [0.2, 0.25) is 0 Å². The van der Waals surface area contributed by atoms with E-state index < -0.39 is 0 Å². The second-order valence-electron chi connectivity index (χ2n) is 3.70. The fraction of sp³-hybridized carbons (Fsp3) is 0.273. The van der Waals surface area contributed by atoms with Crippen LogP contribution in [0.1, 0.15) is 12.5 Å². The average molecular weight is 239 g/mol. The van der Waals surface area contributed by atoms with Crippen molar-refractivity contribution in [2.75, 3.05) is 0 Å². The van der Waals surface area contributed by atoms with Crippen LogP contribution >= 0.6 is 12.4 Å². The summed E-state index contributed by atoms with van der Waals surface area (Å²) in [6.45, 7) is 2.01. The Morgan fingerprint density at radius 3 is 2.50 bits per heavy atom. The van der Waals surface area contributed by atoms with Crippen LogP contribution < -0.4 is 5.73 Å². The molecule has 1 aromatic carbocycles. The van der Waals surface area contributed by atoms with Crippen molar-refractivity contribution in [1.82, 2.24) is 15.0 Å². The summed E-state index contributed by atoms with van der Waals surface area (Å²) >= 11 is 0. The Morgan fingerprint density at radius 2 is 2.00 bits per heavy atom. The zero-order valence-electron chi connectivity index (χ0n) is 9.08. The van der Waals surface area contributed by atoms with Crippen molar-refractivity contribution >= 4 is 12.4 Å². The lowest BCUT2D eigenvalue weighted by Gasteiger charge is -2.06. The molecule has 1 atom stereocenters. The Kier molecular flexibility index (Phi) is 4.46. The molecule has 1 unspecified atom stereocenters. The van der Waals surface area contributed by atoms with Crippen molar-refractivity contribution in [2.45, 2.75) is 19.4 Å². The van der Waals surface area contributed by atoms with Crippen LogP contribution in [0.3, 0.4) is 0 Å². The van der Waals surface area contributed by atoms with E-state index in [4.69, 9.17) is 5.73 Å². The quantitative estimate of drug-likeness (QED) is 0.883. The molecule has 86 valence electrons. The van der Waals surface area contributed by atoms with Crippen molar-refractivity contribution in [3.05, 3.63) is 42.2 Å². The van der Waals surface area contributed by atoms with E-state index in [1.807, 2.05) is 25.3 Å². The molecule has 2 rings (SSSR count). The number of halogens is 1. The molecule has 0 saturated heterocycles. The first-order valence-electron chi connectivity index (χ1n) is 4.97. The zero-order chi connectivity index (χ0) is 10.7. The Hall–Kier alpha value is -1.39. The second-order valence-corrected chi connectivity index (χ2v) is 3.70. The molecule has 0 aliphatic rings. The molecular weight excluding hydrogens is 224 g/mol. The molecule has 16 heavy (non-hydrogen) atoms. The van der Waals surface area contributed by atoms with Gasteiger partial charge in [-0.2, -0.15) is 0 Å². The number of hydrogen-bond acceptors (Lipinski definition) is 3. The Labute approximate surface area is 101 Å². The van der Waals surface area contributed by atoms with Crippen LogP contribution in [0.5, 0.6) is 0 Å². The molecular formula is C11H15ClN4. The van der Waals surface area contributed by atoms with Crippen LogP contribution in [0.2, 0.25) is 0 Å². The number of aromatic nitrogens is 3. The summed E-state index contributed by atoms with van der Waals surface area (Å²) in [4.78, 5) is 0. The fourth-order valence-corrected chi connectivity index (χ4v) is 1.50. The van der Waals surface area contributed by atoms with Gasteiger partial charge >= 0.3 is 0 Å². The monoisotopic (exact) mass is 238 g/mol. The maximum atomic E-state index is 5.73. The van der Waals surface area contributed by atoms with Crippen LogP contribution in [-0.2, 0) is 6.42 Å². The van der Waals surface area contributed by atoms with Crippen LogP contribution in [0.15, 0.2) is 36.7 Å². The average Bonchev–Trinajstić information content (AvgIpc) is 2.71. The molecule has 4 nitrogen and oxygen atoms in total. The van der Waals surface area contributed by atoms with Gasteiger partial charge in [-0.3, -0.25) is 0 Å². The highest BCUT2D eigenvalue weighted by molar-refractivity contribution is 5.85. The Morgan fingerprint density at radius 1 is 1.31 bits per heavy atom. The predicted molar refractivity (Wildman–Crippen MR) is 66.0 cm³/mol. The van der Waals surface area contributed by atoms with E-state index in [2.05, 4.69) is 22.4 Å². The van der Waals surface area contributed by atoms with Crippen LogP contribution in [-0.4, -0.2) is 21.0 Å². The van der Waals surface area contributed by atoms with E-state index in [0.717, 1.165) is 12.1 Å². The molecule has 0 aliphatic heterocycles. The molecule has 0 fully saturated rings. The lowest BCUT2D eigenvalue weighted by molar-refractivity contribution is 0.737. The van der Waals surface area contributed by atoms with Gasteiger partial charge in [0.25, 0.3) is 0 Å². The van der Waals surface area contributed by atoms with Gasteiger partial charge in [0, 0.05) is 6.04 Å². The Bertz CT molecular complexity index is 408.